The zero-order valence-corrected chi connectivity index (χ0v) is 20.7. The van der Waals surface area contributed by atoms with Crippen molar-refractivity contribution in [3.05, 3.63) is 12.7 Å². The van der Waals surface area contributed by atoms with Crippen LogP contribution < -0.4 is 0 Å². The molecule has 0 amide bonds. The van der Waals surface area contributed by atoms with Crippen LogP contribution in [0.1, 0.15) is 72.1 Å². The van der Waals surface area contributed by atoms with E-state index in [2.05, 4.69) is 40.4 Å². The average Bonchev–Trinajstić information content (AvgIpc) is 3.40. The van der Waals surface area contributed by atoms with E-state index in [1.165, 1.54) is 0 Å². The second kappa shape index (κ2) is 7.39. The summed E-state index contributed by atoms with van der Waals surface area (Å²) in [6, 6.07) is 0. The van der Waals surface area contributed by atoms with Crippen LogP contribution in [0.2, 0.25) is 18.1 Å². The van der Waals surface area contributed by atoms with Gasteiger partial charge in [0.15, 0.2) is 8.32 Å². The standard InChI is InChI=1S/C24H42O5Si/c1-7-11-22(25)19(29-30(5,6)20(2,3)4)18-21(12-8-15-26-21)23(13-9-16-27-23)24(22)14-10-17-28-24/h7,19,25H,1,8-18H2,2-6H3/t19-,21-,22+,23+,24+/m1/s1. The van der Waals surface area contributed by atoms with Crippen LogP contribution >= 0.6 is 0 Å². The Labute approximate surface area is 183 Å². The molecular weight excluding hydrogens is 396 g/mol. The normalized spacial score (nSPS) is 44.5. The molecule has 6 heteroatoms. The zero-order chi connectivity index (χ0) is 21.9. The third-order valence-electron chi connectivity index (χ3n) is 8.98. The second-order valence-corrected chi connectivity index (χ2v) is 16.2. The Hall–Kier alpha value is -0.243. The lowest BCUT2D eigenvalue weighted by molar-refractivity contribution is -0.352. The van der Waals surface area contributed by atoms with Crippen molar-refractivity contribution in [2.75, 3.05) is 19.8 Å². The van der Waals surface area contributed by atoms with Gasteiger partial charge in [0.1, 0.15) is 22.4 Å². The molecule has 1 N–H and O–H groups in total. The highest BCUT2D eigenvalue weighted by atomic mass is 28.4. The number of hydrogen-bond donors (Lipinski definition) is 1. The Morgan fingerprint density at radius 2 is 1.57 bits per heavy atom. The smallest absolute Gasteiger partial charge is 0.192 e. The van der Waals surface area contributed by atoms with Crippen molar-refractivity contribution in [2.24, 2.45) is 0 Å². The fraction of sp³-hybridized carbons (Fsp3) is 0.917. The minimum Gasteiger partial charge on any atom is -0.411 e. The summed E-state index contributed by atoms with van der Waals surface area (Å²) in [6.45, 7) is 17.4. The highest BCUT2D eigenvalue weighted by Crippen LogP contribution is 2.65. The minimum absolute atomic E-state index is 0.0501. The maximum atomic E-state index is 12.5. The largest absolute Gasteiger partial charge is 0.411 e. The van der Waals surface area contributed by atoms with Crippen molar-refractivity contribution in [1.82, 2.24) is 0 Å². The van der Waals surface area contributed by atoms with E-state index in [1.54, 1.807) is 0 Å². The van der Waals surface area contributed by atoms with Gasteiger partial charge in [-0.15, -0.1) is 6.58 Å². The number of aliphatic hydroxyl groups is 1. The van der Waals surface area contributed by atoms with E-state index >= 15 is 0 Å². The van der Waals surface area contributed by atoms with E-state index < -0.39 is 30.7 Å². The average molecular weight is 439 g/mol. The molecule has 0 aromatic carbocycles. The number of fused-ring (bicyclic) bond motifs is 2. The van der Waals surface area contributed by atoms with Crippen LogP contribution in [0.5, 0.6) is 0 Å². The fourth-order valence-corrected chi connectivity index (χ4v) is 7.94. The zero-order valence-electron chi connectivity index (χ0n) is 19.7. The van der Waals surface area contributed by atoms with Gasteiger partial charge >= 0.3 is 0 Å². The summed E-state index contributed by atoms with van der Waals surface area (Å²) in [6.07, 6.45) is 8.10. The van der Waals surface area contributed by atoms with Crippen LogP contribution in [-0.4, -0.2) is 61.8 Å². The SMILES string of the molecule is C=CC[C@]1(O)[C@H](O[Si](C)(C)C(C)(C)C)C[C@]2(CCCO2)[C@@]2(CCCO2)[C@]12CCCO2. The maximum absolute atomic E-state index is 12.5. The molecule has 3 heterocycles. The fourth-order valence-electron chi connectivity index (χ4n) is 6.59. The van der Waals surface area contributed by atoms with E-state index in [1.807, 2.05) is 6.08 Å². The van der Waals surface area contributed by atoms with Crippen molar-refractivity contribution in [2.45, 2.75) is 119 Å². The first kappa shape index (κ1) is 22.9. The molecule has 4 aliphatic rings. The van der Waals surface area contributed by atoms with Crippen LogP contribution in [0.25, 0.3) is 0 Å². The summed E-state index contributed by atoms with van der Waals surface area (Å²) in [7, 11) is -2.14. The number of ether oxygens (including phenoxy) is 3. The van der Waals surface area contributed by atoms with Gasteiger partial charge in [-0.05, 0) is 63.1 Å². The lowest BCUT2D eigenvalue weighted by Crippen LogP contribution is -2.83. The predicted molar refractivity (Wildman–Crippen MR) is 120 cm³/mol. The molecule has 1 saturated carbocycles. The number of rotatable bonds is 4. The topological polar surface area (TPSA) is 57.2 Å². The lowest BCUT2D eigenvalue weighted by atomic mass is 9.52. The van der Waals surface area contributed by atoms with Crippen LogP contribution in [0, 0.1) is 0 Å². The molecule has 0 bridgehead atoms. The molecule has 5 nitrogen and oxygen atoms in total. The van der Waals surface area contributed by atoms with Crippen LogP contribution in [-0.2, 0) is 18.6 Å². The lowest BCUT2D eigenvalue weighted by Gasteiger charge is -2.66. The van der Waals surface area contributed by atoms with Crippen molar-refractivity contribution in [3.63, 3.8) is 0 Å². The summed E-state index contributed by atoms with van der Waals surface area (Å²) in [5.74, 6) is 0. The van der Waals surface area contributed by atoms with E-state index in [4.69, 9.17) is 18.6 Å². The van der Waals surface area contributed by atoms with Gasteiger partial charge in [0.05, 0.1) is 6.10 Å². The van der Waals surface area contributed by atoms with Crippen molar-refractivity contribution >= 4 is 8.32 Å². The van der Waals surface area contributed by atoms with Gasteiger partial charge in [-0.2, -0.15) is 0 Å². The Balaban J connectivity index is 1.87. The van der Waals surface area contributed by atoms with Gasteiger partial charge in [-0.3, -0.25) is 0 Å². The number of hydrogen-bond acceptors (Lipinski definition) is 5. The molecule has 3 saturated heterocycles. The Morgan fingerprint density at radius 1 is 1.00 bits per heavy atom. The molecule has 0 aromatic rings. The third-order valence-corrected chi connectivity index (χ3v) is 13.5. The van der Waals surface area contributed by atoms with E-state index in [0.717, 1.165) is 45.1 Å². The van der Waals surface area contributed by atoms with Gasteiger partial charge in [0.25, 0.3) is 0 Å². The molecule has 3 spiro atoms. The van der Waals surface area contributed by atoms with Crippen LogP contribution in [0.15, 0.2) is 12.7 Å². The monoisotopic (exact) mass is 438 g/mol. The minimum atomic E-state index is -2.14. The maximum Gasteiger partial charge on any atom is 0.192 e. The highest BCUT2D eigenvalue weighted by molar-refractivity contribution is 6.74. The first-order valence-corrected chi connectivity index (χ1v) is 14.8. The second-order valence-electron chi connectivity index (χ2n) is 11.5. The summed E-state index contributed by atoms with van der Waals surface area (Å²) in [5, 5.41) is 12.6. The molecule has 0 radical (unpaired) electrons. The molecular formula is C24H42O5Si. The quantitative estimate of drug-likeness (QED) is 0.508. The molecule has 4 rings (SSSR count). The summed E-state index contributed by atoms with van der Waals surface area (Å²) >= 11 is 0. The van der Waals surface area contributed by atoms with Gasteiger partial charge in [0, 0.05) is 26.2 Å². The van der Waals surface area contributed by atoms with Crippen LogP contribution in [0.3, 0.4) is 0 Å². The first-order valence-electron chi connectivity index (χ1n) is 11.9. The summed E-state index contributed by atoms with van der Waals surface area (Å²) < 4.78 is 26.9. The molecule has 5 atom stereocenters. The van der Waals surface area contributed by atoms with Gasteiger partial charge in [0.2, 0.25) is 0 Å². The summed E-state index contributed by atoms with van der Waals surface area (Å²) in [4.78, 5) is 0. The van der Waals surface area contributed by atoms with Gasteiger partial charge < -0.3 is 23.7 Å². The van der Waals surface area contributed by atoms with Gasteiger partial charge in [-0.1, -0.05) is 26.8 Å². The Kier molecular flexibility index (Phi) is 5.65. The van der Waals surface area contributed by atoms with E-state index in [-0.39, 0.29) is 11.1 Å². The molecule has 30 heavy (non-hydrogen) atoms. The predicted octanol–water partition coefficient (Wildman–Crippen LogP) is 4.74. The summed E-state index contributed by atoms with van der Waals surface area (Å²) in [5.41, 5.74) is -3.06. The Bertz CT molecular complexity index is 651. The highest BCUT2D eigenvalue weighted by Gasteiger charge is 2.80. The van der Waals surface area contributed by atoms with Gasteiger partial charge in [-0.25, -0.2) is 0 Å². The molecule has 4 fully saturated rings. The van der Waals surface area contributed by atoms with Crippen molar-refractivity contribution in [3.8, 4) is 0 Å². The molecule has 0 aromatic heterocycles. The van der Waals surface area contributed by atoms with Crippen LogP contribution in [0.4, 0.5) is 0 Å². The Morgan fingerprint density at radius 3 is 2.03 bits per heavy atom. The third kappa shape index (κ3) is 2.90. The molecule has 172 valence electrons. The molecule has 3 aliphatic heterocycles. The van der Waals surface area contributed by atoms with E-state index in [9.17, 15) is 5.11 Å². The molecule has 0 unspecified atom stereocenters. The molecule has 1 aliphatic carbocycles. The van der Waals surface area contributed by atoms with E-state index in [0.29, 0.717) is 26.1 Å². The van der Waals surface area contributed by atoms with Crippen molar-refractivity contribution < 1.29 is 23.7 Å². The first-order chi connectivity index (χ1) is 14.0. The van der Waals surface area contributed by atoms with Crippen molar-refractivity contribution in [1.29, 1.82) is 0 Å².